The van der Waals surface area contributed by atoms with E-state index in [1.807, 2.05) is 11.6 Å². The number of aromatic nitrogens is 3. The molecule has 0 saturated heterocycles. The van der Waals surface area contributed by atoms with Crippen LogP contribution in [0.1, 0.15) is 5.56 Å². The van der Waals surface area contributed by atoms with Gasteiger partial charge in [0.05, 0.1) is 18.0 Å². The Balaban J connectivity index is 2.84. The molecule has 0 unspecified atom stereocenters. The Morgan fingerprint density at radius 3 is 3.08 bits per heavy atom. The Bertz CT molecular complexity index is 404. The summed E-state index contributed by atoms with van der Waals surface area (Å²) < 4.78 is 1.96. The van der Waals surface area contributed by atoms with Crippen LogP contribution in [0, 0.1) is 0 Å². The number of imidazole rings is 1. The average Bonchev–Trinajstić information content (AvgIpc) is 2.48. The van der Waals surface area contributed by atoms with Crippen molar-refractivity contribution in [3.05, 3.63) is 24.3 Å². The third kappa shape index (κ3) is 0.887. The highest BCUT2D eigenvalue weighted by Crippen LogP contribution is 2.14. The van der Waals surface area contributed by atoms with Gasteiger partial charge >= 0.3 is 0 Å². The molecular formula is C8H10N4. The Morgan fingerprint density at radius 1 is 1.50 bits per heavy atom. The molecule has 0 saturated carbocycles. The second-order valence-electron chi connectivity index (χ2n) is 2.73. The zero-order chi connectivity index (χ0) is 8.55. The van der Waals surface area contributed by atoms with Gasteiger partial charge in [0, 0.05) is 25.4 Å². The second-order valence-corrected chi connectivity index (χ2v) is 2.73. The molecule has 0 aromatic carbocycles. The fraction of sp³-hybridized carbons (Fsp3) is 0.250. The van der Waals surface area contributed by atoms with Crippen LogP contribution < -0.4 is 5.73 Å². The summed E-state index contributed by atoms with van der Waals surface area (Å²) in [4.78, 5) is 8.21. The lowest BCUT2D eigenvalue weighted by Crippen LogP contribution is -2.00. The topological polar surface area (TPSA) is 56.7 Å². The Morgan fingerprint density at radius 2 is 2.33 bits per heavy atom. The van der Waals surface area contributed by atoms with Crippen molar-refractivity contribution in [2.75, 3.05) is 0 Å². The maximum absolute atomic E-state index is 5.56. The largest absolute Gasteiger partial charge is 0.333 e. The van der Waals surface area contributed by atoms with E-state index in [1.165, 1.54) is 0 Å². The molecule has 2 aromatic rings. The molecule has 62 valence electrons. The molecule has 0 aliphatic rings. The Labute approximate surface area is 70.0 Å². The van der Waals surface area contributed by atoms with Crippen LogP contribution in [-0.4, -0.2) is 14.5 Å². The van der Waals surface area contributed by atoms with Gasteiger partial charge in [0.1, 0.15) is 5.52 Å². The molecule has 0 fully saturated rings. The van der Waals surface area contributed by atoms with Crippen molar-refractivity contribution in [2.45, 2.75) is 6.54 Å². The predicted molar refractivity (Wildman–Crippen MR) is 46.4 cm³/mol. The Hall–Kier alpha value is -1.42. The van der Waals surface area contributed by atoms with Gasteiger partial charge in [0.15, 0.2) is 0 Å². The van der Waals surface area contributed by atoms with E-state index in [4.69, 9.17) is 5.73 Å². The summed E-state index contributed by atoms with van der Waals surface area (Å²) in [6.45, 7) is 0.504. The summed E-state index contributed by atoms with van der Waals surface area (Å²) in [7, 11) is 1.95. The monoisotopic (exact) mass is 162 g/mol. The van der Waals surface area contributed by atoms with Crippen LogP contribution in [0.25, 0.3) is 11.0 Å². The highest BCUT2D eigenvalue weighted by molar-refractivity contribution is 5.77. The van der Waals surface area contributed by atoms with E-state index in [-0.39, 0.29) is 0 Å². The van der Waals surface area contributed by atoms with Crippen LogP contribution in [0.4, 0.5) is 0 Å². The summed E-state index contributed by atoms with van der Waals surface area (Å²) in [5.74, 6) is 0. The van der Waals surface area contributed by atoms with Crippen LogP contribution in [-0.2, 0) is 13.6 Å². The Kier molecular flexibility index (Phi) is 1.55. The lowest BCUT2D eigenvalue weighted by Gasteiger charge is -1.99. The zero-order valence-electron chi connectivity index (χ0n) is 6.86. The molecule has 0 radical (unpaired) electrons. The minimum atomic E-state index is 0.504. The molecule has 0 atom stereocenters. The van der Waals surface area contributed by atoms with Crippen LogP contribution in [0.15, 0.2) is 18.7 Å². The average molecular weight is 162 g/mol. The van der Waals surface area contributed by atoms with E-state index in [1.54, 1.807) is 18.7 Å². The molecule has 2 heterocycles. The van der Waals surface area contributed by atoms with E-state index in [9.17, 15) is 0 Å². The molecule has 4 heteroatoms. The third-order valence-electron chi connectivity index (χ3n) is 1.92. The first-order valence-electron chi connectivity index (χ1n) is 3.77. The van der Waals surface area contributed by atoms with E-state index >= 15 is 0 Å². The van der Waals surface area contributed by atoms with Crippen molar-refractivity contribution in [3.63, 3.8) is 0 Å². The van der Waals surface area contributed by atoms with Crippen molar-refractivity contribution in [1.82, 2.24) is 14.5 Å². The molecule has 0 aliphatic heterocycles. The maximum atomic E-state index is 5.56. The van der Waals surface area contributed by atoms with Gasteiger partial charge in [0.25, 0.3) is 0 Å². The first kappa shape index (κ1) is 7.24. The van der Waals surface area contributed by atoms with Gasteiger partial charge in [-0.15, -0.1) is 0 Å². The van der Waals surface area contributed by atoms with Gasteiger partial charge in [-0.2, -0.15) is 0 Å². The van der Waals surface area contributed by atoms with Crippen LogP contribution >= 0.6 is 0 Å². The maximum Gasteiger partial charge on any atom is 0.107 e. The normalized spacial score (nSPS) is 10.8. The number of nitrogens with zero attached hydrogens (tertiary/aromatic N) is 3. The minimum absolute atomic E-state index is 0.504. The van der Waals surface area contributed by atoms with Gasteiger partial charge in [-0.3, -0.25) is 4.98 Å². The van der Waals surface area contributed by atoms with Crippen molar-refractivity contribution in [3.8, 4) is 0 Å². The third-order valence-corrected chi connectivity index (χ3v) is 1.92. The van der Waals surface area contributed by atoms with Crippen LogP contribution in [0.2, 0.25) is 0 Å². The molecule has 0 amide bonds. The van der Waals surface area contributed by atoms with Gasteiger partial charge in [-0.05, 0) is 0 Å². The number of rotatable bonds is 1. The number of hydrogen-bond donors (Lipinski definition) is 1. The van der Waals surface area contributed by atoms with Gasteiger partial charge in [-0.25, -0.2) is 4.98 Å². The molecule has 12 heavy (non-hydrogen) atoms. The van der Waals surface area contributed by atoms with Gasteiger partial charge in [-0.1, -0.05) is 0 Å². The second kappa shape index (κ2) is 2.57. The van der Waals surface area contributed by atoms with E-state index in [0.29, 0.717) is 6.54 Å². The molecular weight excluding hydrogens is 152 g/mol. The summed E-state index contributed by atoms with van der Waals surface area (Å²) in [6, 6.07) is 0. The summed E-state index contributed by atoms with van der Waals surface area (Å²) >= 11 is 0. The molecule has 0 bridgehead atoms. The van der Waals surface area contributed by atoms with Gasteiger partial charge in [0.2, 0.25) is 0 Å². The number of aryl methyl sites for hydroxylation is 1. The zero-order valence-corrected chi connectivity index (χ0v) is 6.86. The van der Waals surface area contributed by atoms with Crippen LogP contribution in [0.5, 0.6) is 0 Å². The number of pyridine rings is 1. The first-order valence-corrected chi connectivity index (χ1v) is 3.77. The number of nitrogens with two attached hydrogens (primary N) is 1. The highest BCUT2D eigenvalue weighted by atomic mass is 15.0. The summed E-state index contributed by atoms with van der Waals surface area (Å²) in [5.41, 5.74) is 8.58. The summed E-state index contributed by atoms with van der Waals surface area (Å²) in [5, 5.41) is 0. The van der Waals surface area contributed by atoms with E-state index < -0.39 is 0 Å². The fourth-order valence-electron chi connectivity index (χ4n) is 1.34. The lowest BCUT2D eigenvalue weighted by molar-refractivity contribution is 0.931. The quantitative estimate of drug-likeness (QED) is 0.661. The number of fused-ring (bicyclic) bond motifs is 1. The molecule has 0 spiro atoms. The van der Waals surface area contributed by atoms with E-state index in [2.05, 4.69) is 9.97 Å². The molecule has 2 N–H and O–H groups in total. The first-order chi connectivity index (χ1) is 5.83. The van der Waals surface area contributed by atoms with Crippen molar-refractivity contribution < 1.29 is 0 Å². The summed E-state index contributed by atoms with van der Waals surface area (Å²) in [6.07, 6.45) is 5.30. The minimum Gasteiger partial charge on any atom is -0.333 e. The SMILES string of the molecule is Cn1cnc2cncc(CN)c21. The van der Waals surface area contributed by atoms with Crippen molar-refractivity contribution in [2.24, 2.45) is 12.8 Å². The molecule has 2 rings (SSSR count). The lowest BCUT2D eigenvalue weighted by atomic mass is 10.2. The van der Waals surface area contributed by atoms with Gasteiger partial charge < -0.3 is 10.3 Å². The highest BCUT2D eigenvalue weighted by Gasteiger charge is 2.03. The fourth-order valence-corrected chi connectivity index (χ4v) is 1.34. The predicted octanol–water partition coefficient (Wildman–Crippen LogP) is 0.427. The van der Waals surface area contributed by atoms with E-state index in [0.717, 1.165) is 16.6 Å². The standard InChI is InChI=1S/C8H10N4/c1-12-5-11-7-4-10-3-6(2-9)8(7)12/h3-5H,2,9H2,1H3. The molecule has 2 aromatic heterocycles. The smallest absolute Gasteiger partial charge is 0.107 e. The van der Waals surface area contributed by atoms with Crippen molar-refractivity contribution >= 4 is 11.0 Å². The number of hydrogen-bond acceptors (Lipinski definition) is 3. The molecule has 4 nitrogen and oxygen atoms in total. The van der Waals surface area contributed by atoms with Crippen LogP contribution in [0.3, 0.4) is 0 Å². The molecule has 0 aliphatic carbocycles. The van der Waals surface area contributed by atoms with Crippen molar-refractivity contribution in [1.29, 1.82) is 0 Å².